The summed E-state index contributed by atoms with van der Waals surface area (Å²) < 4.78 is 28.6. The Morgan fingerprint density at radius 3 is 2.44 bits per heavy atom. The van der Waals surface area contributed by atoms with Crippen molar-refractivity contribution < 1.29 is 13.2 Å². The van der Waals surface area contributed by atoms with Crippen LogP contribution in [0.1, 0.15) is 24.8 Å². The number of halogens is 1. The Labute approximate surface area is 169 Å². The number of amides is 1. The third kappa shape index (κ3) is 5.64. The van der Waals surface area contributed by atoms with Gasteiger partial charge in [0.15, 0.2) is 0 Å². The van der Waals surface area contributed by atoms with E-state index in [0.717, 1.165) is 10.0 Å². The van der Waals surface area contributed by atoms with Gasteiger partial charge in [0.25, 0.3) is 0 Å². The Hall–Kier alpha value is -1.70. The fraction of sp³-hybridized carbons (Fsp3) is 0.350. The van der Waals surface area contributed by atoms with E-state index in [4.69, 9.17) is 0 Å². The van der Waals surface area contributed by atoms with E-state index < -0.39 is 10.0 Å². The average molecular weight is 451 g/mol. The van der Waals surface area contributed by atoms with Crippen molar-refractivity contribution in [2.45, 2.75) is 36.6 Å². The van der Waals surface area contributed by atoms with Gasteiger partial charge in [-0.25, -0.2) is 13.1 Å². The average Bonchev–Trinajstić information content (AvgIpc) is 2.67. The molecule has 1 fully saturated rings. The maximum absolute atomic E-state index is 12.4. The van der Waals surface area contributed by atoms with Crippen LogP contribution in [-0.4, -0.2) is 38.4 Å². The minimum atomic E-state index is -3.51. The maximum Gasteiger partial charge on any atom is 0.240 e. The fourth-order valence-corrected chi connectivity index (χ4v) is 5.01. The largest absolute Gasteiger partial charge is 0.343 e. The van der Waals surface area contributed by atoms with Gasteiger partial charge < -0.3 is 4.90 Å². The summed E-state index contributed by atoms with van der Waals surface area (Å²) >= 11 is 3.44. The third-order valence-electron chi connectivity index (χ3n) is 4.74. The van der Waals surface area contributed by atoms with Gasteiger partial charge in [-0.05, 0) is 49.1 Å². The van der Waals surface area contributed by atoms with Gasteiger partial charge in [-0.15, -0.1) is 0 Å². The second kappa shape index (κ2) is 8.99. The highest BCUT2D eigenvalue weighted by molar-refractivity contribution is 9.10. The molecule has 1 saturated heterocycles. The number of hydrogen-bond donors (Lipinski definition) is 1. The number of aryl methyl sites for hydroxylation is 1. The van der Waals surface area contributed by atoms with E-state index in [1.807, 2.05) is 29.2 Å². The van der Waals surface area contributed by atoms with Gasteiger partial charge in [0, 0.05) is 30.0 Å². The molecule has 144 valence electrons. The number of carbonyl (C=O) groups is 1. The van der Waals surface area contributed by atoms with Crippen LogP contribution in [0.15, 0.2) is 64.0 Å². The van der Waals surface area contributed by atoms with Crippen molar-refractivity contribution in [3.05, 3.63) is 64.6 Å². The minimum Gasteiger partial charge on any atom is -0.343 e. The number of sulfonamides is 1. The van der Waals surface area contributed by atoms with Crippen LogP contribution in [0.3, 0.4) is 0 Å². The molecule has 0 saturated carbocycles. The molecule has 27 heavy (non-hydrogen) atoms. The van der Waals surface area contributed by atoms with E-state index in [1.54, 1.807) is 30.3 Å². The lowest BCUT2D eigenvalue weighted by molar-refractivity contribution is -0.132. The van der Waals surface area contributed by atoms with Crippen LogP contribution in [0.25, 0.3) is 0 Å². The van der Waals surface area contributed by atoms with E-state index in [9.17, 15) is 13.2 Å². The highest BCUT2D eigenvalue weighted by Crippen LogP contribution is 2.17. The number of piperidine rings is 1. The van der Waals surface area contributed by atoms with E-state index in [-0.39, 0.29) is 16.8 Å². The molecular weight excluding hydrogens is 428 g/mol. The summed E-state index contributed by atoms with van der Waals surface area (Å²) in [7, 11) is -3.51. The van der Waals surface area contributed by atoms with Crippen LogP contribution in [0.5, 0.6) is 0 Å². The molecule has 1 amide bonds. The molecule has 0 radical (unpaired) electrons. The maximum atomic E-state index is 12.4. The lowest BCUT2D eigenvalue weighted by Crippen LogP contribution is -2.46. The molecular formula is C20H23BrN2O3S. The van der Waals surface area contributed by atoms with Crippen LogP contribution in [0, 0.1) is 0 Å². The molecule has 0 aliphatic carbocycles. The number of nitrogens with zero attached hydrogens (tertiary/aromatic N) is 1. The number of rotatable bonds is 6. The van der Waals surface area contributed by atoms with Crippen molar-refractivity contribution in [2.24, 2.45) is 0 Å². The molecule has 0 aromatic heterocycles. The molecule has 2 aromatic rings. The normalized spacial score (nSPS) is 15.7. The molecule has 0 unspecified atom stereocenters. The summed E-state index contributed by atoms with van der Waals surface area (Å²) in [6, 6.07) is 16.2. The Kier molecular flexibility index (Phi) is 6.68. The lowest BCUT2D eigenvalue weighted by Gasteiger charge is -2.32. The van der Waals surface area contributed by atoms with Gasteiger partial charge in [0.2, 0.25) is 15.9 Å². The van der Waals surface area contributed by atoms with Crippen LogP contribution in [-0.2, 0) is 21.2 Å². The summed E-state index contributed by atoms with van der Waals surface area (Å²) in [6.07, 6.45) is 2.44. The SMILES string of the molecule is O=C(CCc1cccc(Br)c1)N1CCC(NS(=O)(=O)c2ccccc2)CC1. The van der Waals surface area contributed by atoms with Gasteiger partial charge in [-0.1, -0.05) is 46.3 Å². The van der Waals surface area contributed by atoms with E-state index in [2.05, 4.69) is 20.7 Å². The fourth-order valence-electron chi connectivity index (χ4n) is 3.24. The van der Waals surface area contributed by atoms with Crippen molar-refractivity contribution in [1.29, 1.82) is 0 Å². The zero-order chi connectivity index (χ0) is 19.3. The Morgan fingerprint density at radius 2 is 1.78 bits per heavy atom. The monoisotopic (exact) mass is 450 g/mol. The molecule has 1 heterocycles. The highest BCUT2D eigenvalue weighted by Gasteiger charge is 2.26. The van der Waals surface area contributed by atoms with Gasteiger partial charge in [0.1, 0.15) is 0 Å². The summed E-state index contributed by atoms with van der Waals surface area (Å²) in [5.74, 6) is 0.124. The minimum absolute atomic E-state index is 0.124. The number of carbonyl (C=O) groups excluding carboxylic acids is 1. The Bertz CT molecular complexity index is 879. The second-order valence-corrected chi connectivity index (χ2v) is 9.35. The van der Waals surface area contributed by atoms with Gasteiger partial charge in [-0.2, -0.15) is 0 Å². The molecule has 0 bridgehead atoms. The third-order valence-corrected chi connectivity index (χ3v) is 6.77. The molecule has 5 nitrogen and oxygen atoms in total. The summed E-state index contributed by atoms with van der Waals surface area (Å²) in [5, 5.41) is 0. The van der Waals surface area contributed by atoms with Gasteiger partial charge in [0.05, 0.1) is 4.90 Å². The zero-order valence-corrected chi connectivity index (χ0v) is 17.4. The summed E-state index contributed by atoms with van der Waals surface area (Å²) in [5.41, 5.74) is 1.13. The Balaban J connectivity index is 1.48. The number of nitrogens with one attached hydrogen (secondary N) is 1. The smallest absolute Gasteiger partial charge is 0.240 e. The van der Waals surface area contributed by atoms with Gasteiger partial charge in [-0.3, -0.25) is 4.79 Å². The van der Waals surface area contributed by atoms with E-state index in [0.29, 0.717) is 38.8 Å². The van der Waals surface area contributed by atoms with Crippen molar-refractivity contribution in [3.8, 4) is 0 Å². The molecule has 0 spiro atoms. The molecule has 0 atom stereocenters. The van der Waals surface area contributed by atoms with Crippen molar-refractivity contribution >= 4 is 31.9 Å². The Morgan fingerprint density at radius 1 is 1.07 bits per heavy atom. The van der Waals surface area contributed by atoms with Crippen LogP contribution in [0.4, 0.5) is 0 Å². The number of hydrogen-bond acceptors (Lipinski definition) is 3. The molecule has 1 N–H and O–H groups in total. The summed E-state index contributed by atoms with van der Waals surface area (Å²) in [6.45, 7) is 1.17. The first kappa shape index (κ1) is 20.0. The first-order chi connectivity index (χ1) is 12.9. The second-order valence-electron chi connectivity index (χ2n) is 6.72. The van der Waals surface area contributed by atoms with Gasteiger partial charge >= 0.3 is 0 Å². The first-order valence-corrected chi connectivity index (χ1v) is 11.3. The molecule has 7 heteroatoms. The number of likely N-dealkylation sites (tertiary alicyclic amines) is 1. The standard InChI is InChI=1S/C20H23BrN2O3S/c21-17-6-4-5-16(15-17)9-10-20(24)23-13-11-18(12-14-23)22-27(25,26)19-7-2-1-3-8-19/h1-8,15,18,22H,9-14H2. The van der Waals surface area contributed by atoms with Crippen LogP contribution in [0.2, 0.25) is 0 Å². The molecule has 1 aliphatic heterocycles. The predicted octanol–water partition coefficient (Wildman–Crippen LogP) is 3.35. The van der Waals surface area contributed by atoms with E-state index >= 15 is 0 Å². The topological polar surface area (TPSA) is 66.5 Å². The highest BCUT2D eigenvalue weighted by atomic mass is 79.9. The quantitative estimate of drug-likeness (QED) is 0.733. The number of benzene rings is 2. The zero-order valence-electron chi connectivity index (χ0n) is 15.0. The first-order valence-electron chi connectivity index (χ1n) is 9.04. The van der Waals surface area contributed by atoms with Crippen LogP contribution < -0.4 is 4.72 Å². The van der Waals surface area contributed by atoms with Crippen LogP contribution >= 0.6 is 15.9 Å². The lowest BCUT2D eigenvalue weighted by atomic mass is 10.0. The molecule has 3 rings (SSSR count). The van der Waals surface area contributed by atoms with Crippen molar-refractivity contribution in [3.63, 3.8) is 0 Å². The van der Waals surface area contributed by atoms with Crippen molar-refractivity contribution in [1.82, 2.24) is 9.62 Å². The molecule has 1 aliphatic rings. The van der Waals surface area contributed by atoms with Crippen molar-refractivity contribution in [2.75, 3.05) is 13.1 Å². The predicted molar refractivity (Wildman–Crippen MR) is 109 cm³/mol. The van der Waals surface area contributed by atoms with E-state index in [1.165, 1.54) is 0 Å². The summed E-state index contributed by atoms with van der Waals surface area (Å²) in [4.78, 5) is 14.6. The molecule has 2 aromatic carbocycles.